The topological polar surface area (TPSA) is 46.5 Å². The van der Waals surface area contributed by atoms with Crippen LogP contribution in [0.15, 0.2) is 42.5 Å². The Bertz CT molecular complexity index is 576. The lowest BCUT2D eigenvalue weighted by atomic mass is 10.0. The average Bonchev–Trinajstić information content (AvgIpc) is 2.39. The van der Waals surface area contributed by atoms with Gasteiger partial charge in [0.15, 0.2) is 0 Å². The van der Waals surface area contributed by atoms with Crippen molar-refractivity contribution in [3.05, 3.63) is 53.8 Å². The smallest absolute Gasteiger partial charge is 0.337 e. The van der Waals surface area contributed by atoms with Crippen LogP contribution in [-0.2, 0) is 4.74 Å². The number of carbonyl (C=O) groups excluding carboxylic acids is 1. The van der Waals surface area contributed by atoms with Gasteiger partial charge in [0.1, 0.15) is 11.6 Å². The number of benzene rings is 2. The molecule has 0 fully saturated rings. The van der Waals surface area contributed by atoms with E-state index in [0.717, 1.165) is 0 Å². The van der Waals surface area contributed by atoms with E-state index in [9.17, 15) is 14.3 Å². The van der Waals surface area contributed by atoms with Gasteiger partial charge >= 0.3 is 5.97 Å². The van der Waals surface area contributed by atoms with E-state index in [1.54, 1.807) is 24.3 Å². The third-order valence-electron chi connectivity index (χ3n) is 2.57. The number of esters is 1. The lowest BCUT2D eigenvalue weighted by Gasteiger charge is -2.06. The Morgan fingerprint density at radius 1 is 1.17 bits per heavy atom. The molecule has 2 aromatic carbocycles. The summed E-state index contributed by atoms with van der Waals surface area (Å²) in [5.41, 5.74) is 1.47. The minimum absolute atomic E-state index is 0.0514. The summed E-state index contributed by atoms with van der Waals surface area (Å²) in [6.45, 7) is 0. The molecule has 0 unspecified atom stereocenters. The van der Waals surface area contributed by atoms with Crippen molar-refractivity contribution < 1.29 is 19.0 Å². The third-order valence-corrected chi connectivity index (χ3v) is 2.57. The monoisotopic (exact) mass is 246 g/mol. The molecule has 0 aliphatic heterocycles. The van der Waals surface area contributed by atoms with Crippen LogP contribution < -0.4 is 0 Å². The molecule has 4 heteroatoms. The van der Waals surface area contributed by atoms with E-state index in [2.05, 4.69) is 4.74 Å². The molecule has 0 atom stereocenters. The second kappa shape index (κ2) is 4.87. The number of carbonyl (C=O) groups is 1. The molecule has 0 aliphatic carbocycles. The van der Waals surface area contributed by atoms with Crippen LogP contribution in [0, 0.1) is 5.82 Å². The maximum Gasteiger partial charge on any atom is 0.337 e. The number of rotatable bonds is 2. The maximum atomic E-state index is 12.8. The first-order chi connectivity index (χ1) is 8.61. The van der Waals surface area contributed by atoms with Crippen LogP contribution >= 0.6 is 0 Å². The molecule has 0 bridgehead atoms. The fraction of sp³-hybridized carbons (Fsp3) is 0.0714. The molecule has 2 aromatic rings. The fourth-order valence-electron chi connectivity index (χ4n) is 1.65. The van der Waals surface area contributed by atoms with Gasteiger partial charge in [-0.2, -0.15) is 0 Å². The summed E-state index contributed by atoms with van der Waals surface area (Å²) in [5.74, 6) is -0.912. The fourth-order valence-corrected chi connectivity index (χ4v) is 1.65. The molecular formula is C14H11FO3. The van der Waals surface area contributed by atoms with Crippen molar-refractivity contribution in [1.29, 1.82) is 0 Å². The molecule has 0 amide bonds. The van der Waals surface area contributed by atoms with E-state index >= 15 is 0 Å². The van der Waals surface area contributed by atoms with Crippen LogP contribution in [0.3, 0.4) is 0 Å². The number of aromatic hydroxyl groups is 1. The Morgan fingerprint density at radius 3 is 2.39 bits per heavy atom. The van der Waals surface area contributed by atoms with Crippen molar-refractivity contribution in [1.82, 2.24) is 0 Å². The van der Waals surface area contributed by atoms with Gasteiger partial charge in [-0.1, -0.05) is 12.1 Å². The van der Waals surface area contributed by atoms with E-state index in [1.807, 2.05) is 0 Å². The summed E-state index contributed by atoms with van der Waals surface area (Å²) >= 11 is 0. The number of methoxy groups -OCH3 is 1. The molecule has 0 aromatic heterocycles. The van der Waals surface area contributed by atoms with E-state index in [4.69, 9.17) is 0 Å². The van der Waals surface area contributed by atoms with Crippen LogP contribution in [0.1, 0.15) is 10.4 Å². The van der Waals surface area contributed by atoms with E-state index in [0.29, 0.717) is 11.1 Å². The van der Waals surface area contributed by atoms with Gasteiger partial charge in [0.25, 0.3) is 0 Å². The highest BCUT2D eigenvalue weighted by molar-refractivity contribution is 5.91. The van der Waals surface area contributed by atoms with E-state index in [-0.39, 0.29) is 17.1 Å². The Morgan fingerprint density at radius 2 is 1.83 bits per heavy atom. The van der Waals surface area contributed by atoms with Gasteiger partial charge in [-0.15, -0.1) is 0 Å². The second-order valence-corrected chi connectivity index (χ2v) is 3.73. The number of phenolic OH excluding ortho intramolecular Hbond substituents is 1. The highest BCUT2D eigenvalue weighted by atomic mass is 19.1. The number of phenols is 1. The molecule has 2 rings (SSSR count). The van der Waals surface area contributed by atoms with E-state index < -0.39 is 5.97 Å². The summed E-state index contributed by atoms with van der Waals surface area (Å²) in [7, 11) is 1.27. The Kier molecular flexibility index (Phi) is 3.28. The van der Waals surface area contributed by atoms with Gasteiger partial charge in [-0.3, -0.25) is 0 Å². The third kappa shape index (κ3) is 2.32. The zero-order valence-electron chi connectivity index (χ0n) is 9.68. The minimum atomic E-state index is -0.518. The Labute approximate surface area is 103 Å². The quantitative estimate of drug-likeness (QED) is 0.828. The molecule has 0 heterocycles. The number of hydrogen-bond donors (Lipinski definition) is 1. The van der Waals surface area contributed by atoms with Gasteiger partial charge in [-0.05, 0) is 35.9 Å². The van der Waals surface area contributed by atoms with Gasteiger partial charge in [0, 0.05) is 5.56 Å². The van der Waals surface area contributed by atoms with Gasteiger partial charge in [-0.25, -0.2) is 9.18 Å². The molecule has 0 radical (unpaired) electrons. The van der Waals surface area contributed by atoms with Crippen molar-refractivity contribution >= 4 is 5.97 Å². The van der Waals surface area contributed by atoms with Crippen LogP contribution in [0.4, 0.5) is 4.39 Å². The standard InChI is InChI=1S/C14H11FO3/c1-18-14(17)10-4-7-12(13(16)8-10)9-2-5-11(15)6-3-9/h2-8,16H,1H3. The molecule has 0 saturated carbocycles. The van der Waals surface area contributed by atoms with Crippen molar-refractivity contribution in [2.45, 2.75) is 0 Å². The molecule has 1 N–H and O–H groups in total. The van der Waals surface area contributed by atoms with E-state index in [1.165, 1.54) is 25.3 Å². The Balaban J connectivity index is 2.41. The predicted octanol–water partition coefficient (Wildman–Crippen LogP) is 2.98. The van der Waals surface area contributed by atoms with Gasteiger partial charge in [0.2, 0.25) is 0 Å². The molecule has 92 valence electrons. The van der Waals surface area contributed by atoms with Crippen molar-refractivity contribution in [2.75, 3.05) is 7.11 Å². The predicted molar refractivity (Wildman–Crippen MR) is 64.8 cm³/mol. The highest BCUT2D eigenvalue weighted by Gasteiger charge is 2.10. The summed E-state index contributed by atoms with van der Waals surface area (Å²) < 4.78 is 17.3. The van der Waals surface area contributed by atoms with Crippen molar-refractivity contribution in [3.8, 4) is 16.9 Å². The second-order valence-electron chi connectivity index (χ2n) is 3.73. The first-order valence-corrected chi connectivity index (χ1v) is 5.29. The number of ether oxygens (including phenoxy) is 1. The Hall–Kier alpha value is -2.36. The highest BCUT2D eigenvalue weighted by Crippen LogP contribution is 2.30. The zero-order chi connectivity index (χ0) is 13.1. The first-order valence-electron chi connectivity index (χ1n) is 5.29. The molecule has 3 nitrogen and oxygen atoms in total. The summed E-state index contributed by atoms with van der Waals surface area (Å²) in [5, 5.41) is 9.86. The zero-order valence-corrected chi connectivity index (χ0v) is 9.68. The lowest BCUT2D eigenvalue weighted by molar-refractivity contribution is 0.0600. The van der Waals surface area contributed by atoms with Crippen molar-refractivity contribution in [2.24, 2.45) is 0 Å². The maximum absolute atomic E-state index is 12.8. The normalized spacial score (nSPS) is 10.1. The van der Waals surface area contributed by atoms with Crippen LogP contribution in [0.5, 0.6) is 5.75 Å². The summed E-state index contributed by atoms with van der Waals surface area (Å²) in [6.07, 6.45) is 0. The van der Waals surface area contributed by atoms with Crippen LogP contribution in [0.2, 0.25) is 0 Å². The number of halogens is 1. The lowest BCUT2D eigenvalue weighted by Crippen LogP contribution is -2.00. The molecule has 0 spiro atoms. The van der Waals surface area contributed by atoms with Gasteiger partial charge < -0.3 is 9.84 Å². The molecule has 0 saturated heterocycles. The van der Waals surface area contributed by atoms with Gasteiger partial charge in [0.05, 0.1) is 12.7 Å². The number of hydrogen-bond acceptors (Lipinski definition) is 3. The first kappa shape index (κ1) is 12.1. The van der Waals surface area contributed by atoms with Crippen LogP contribution in [0.25, 0.3) is 11.1 Å². The van der Waals surface area contributed by atoms with Crippen LogP contribution in [-0.4, -0.2) is 18.2 Å². The molecule has 18 heavy (non-hydrogen) atoms. The summed E-state index contributed by atoms with van der Waals surface area (Å²) in [4.78, 5) is 11.3. The molecular weight excluding hydrogens is 235 g/mol. The summed E-state index contributed by atoms with van der Waals surface area (Å²) in [6, 6.07) is 10.2. The largest absolute Gasteiger partial charge is 0.507 e. The van der Waals surface area contributed by atoms with Crippen molar-refractivity contribution in [3.63, 3.8) is 0 Å². The molecule has 0 aliphatic rings. The SMILES string of the molecule is COC(=O)c1ccc(-c2ccc(F)cc2)c(O)c1. The average molecular weight is 246 g/mol. The minimum Gasteiger partial charge on any atom is -0.507 e.